The monoisotopic (exact) mass is 208 g/mol. The van der Waals surface area contributed by atoms with Crippen LogP contribution in [-0.4, -0.2) is 49.1 Å². The first-order chi connectivity index (χ1) is 7.27. The molecule has 15 heavy (non-hydrogen) atoms. The lowest BCUT2D eigenvalue weighted by molar-refractivity contribution is 0.0973. The molecule has 0 atom stereocenters. The van der Waals surface area contributed by atoms with Gasteiger partial charge in [0.15, 0.2) is 0 Å². The molecule has 0 radical (unpaired) electrons. The number of hydrogen-bond acceptors (Lipinski definition) is 2. The van der Waals surface area contributed by atoms with E-state index in [2.05, 4.69) is 16.8 Å². The Bertz CT molecular complexity index is 227. The molecule has 0 aromatic heterocycles. The third-order valence-corrected chi connectivity index (χ3v) is 5.11. The van der Waals surface area contributed by atoms with Crippen molar-refractivity contribution in [3.05, 3.63) is 0 Å². The standard InChI is InChI=1S/C13H24N2/c1-14-8-5-13(6-9-14)7-10-15(11-13)12-3-2-4-12/h12H,2-11H2,1H3. The van der Waals surface area contributed by atoms with Crippen molar-refractivity contribution in [3.63, 3.8) is 0 Å². The van der Waals surface area contributed by atoms with Gasteiger partial charge in [-0.15, -0.1) is 0 Å². The zero-order valence-electron chi connectivity index (χ0n) is 10.0. The van der Waals surface area contributed by atoms with E-state index in [1.165, 1.54) is 64.7 Å². The molecule has 0 aromatic rings. The molecule has 1 aliphatic carbocycles. The summed E-state index contributed by atoms with van der Waals surface area (Å²) in [5.74, 6) is 0. The summed E-state index contributed by atoms with van der Waals surface area (Å²) in [6.07, 6.45) is 8.83. The molecule has 3 rings (SSSR count). The largest absolute Gasteiger partial charge is 0.306 e. The zero-order valence-corrected chi connectivity index (χ0v) is 10.0. The molecule has 2 heteroatoms. The van der Waals surface area contributed by atoms with Gasteiger partial charge in [0, 0.05) is 12.6 Å². The van der Waals surface area contributed by atoms with Gasteiger partial charge >= 0.3 is 0 Å². The molecule has 0 aromatic carbocycles. The summed E-state index contributed by atoms with van der Waals surface area (Å²) >= 11 is 0. The Kier molecular flexibility index (Phi) is 2.52. The Labute approximate surface area is 93.6 Å². The fraction of sp³-hybridized carbons (Fsp3) is 1.00. The summed E-state index contributed by atoms with van der Waals surface area (Å²) in [6.45, 7) is 5.48. The molecule has 2 nitrogen and oxygen atoms in total. The van der Waals surface area contributed by atoms with Crippen LogP contribution >= 0.6 is 0 Å². The van der Waals surface area contributed by atoms with Gasteiger partial charge < -0.3 is 4.90 Å². The summed E-state index contributed by atoms with van der Waals surface area (Å²) in [5, 5.41) is 0. The smallest absolute Gasteiger partial charge is 0.00955 e. The topological polar surface area (TPSA) is 6.48 Å². The van der Waals surface area contributed by atoms with Crippen molar-refractivity contribution < 1.29 is 0 Å². The maximum absolute atomic E-state index is 2.80. The second-order valence-corrected chi connectivity index (χ2v) is 6.11. The number of likely N-dealkylation sites (tertiary alicyclic amines) is 2. The van der Waals surface area contributed by atoms with E-state index >= 15 is 0 Å². The Morgan fingerprint density at radius 3 is 2.27 bits per heavy atom. The van der Waals surface area contributed by atoms with E-state index in [0.717, 1.165) is 11.5 Å². The Morgan fingerprint density at radius 1 is 1.00 bits per heavy atom. The molecule has 0 unspecified atom stereocenters. The summed E-state index contributed by atoms with van der Waals surface area (Å²) in [4.78, 5) is 5.30. The molecule has 3 fully saturated rings. The van der Waals surface area contributed by atoms with Crippen molar-refractivity contribution in [2.24, 2.45) is 5.41 Å². The van der Waals surface area contributed by atoms with Crippen LogP contribution < -0.4 is 0 Å². The van der Waals surface area contributed by atoms with Crippen LogP contribution in [0.2, 0.25) is 0 Å². The van der Waals surface area contributed by atoms with Gasteiger partial charge in [0.25, 0.3) is 0 Å². The lowest BCUT2D eigenvalue weighted by Crippen LogP contribution is -2.43. The summed E-state index contributed by atoms with van der Waals surface area (Å²) in [6, 6.07) is 0.976. The highest BCUT2D eigenvalue weighted by molar-refractivity contribution is 4.96. The van der Waals surface area contributed by atoms with Crippen LogP contribution in [0.5, 0.6) is 0 Å². The third kappa shape index (κ3) is 1.83. The van der Waals surface area contributed by atoms with E-state index < -0.39 is 0 Å². The first-order valence-corrected chi connectivity index (χ1v) is 6.70. The maximum atomic E-state index is 2.80. The van der Waals surface area contributed by atoms with E-state index in [4.69, 9.17) is 0 Å². The molecule has 3 aliphatic rings. The van der Waals surface area contributed by atoms with Gasteiger partial charge in [0.05, 0.1) is 0 Å². The van der Waals surface area contributed by atoms with Crippen LogP contribution in [0.25, 0.3) is 0 Å². The normalized spacial score (nSPS) is 33.4. The van der Waals surface area contributed by atoms with Gasteiger partial charge in [-0.05, 0) is 64.2 Å². The molecule has 2 saturated heterocycles. The molecule has 2 heterocycles. The molecule has 0 bridgehead atoms. The van der Waals surface area contributed by atoms with Crippen LogP contribution in [0.3, 0.4) is 0 Å². The van der Waals surface area contributed by atoms with Gasteiger partial charge in [0.1, 0.15) is 0 Å². The lowest BCUT2D eigenvalue weighted by Gasteiger charge is -2.40. The molecular formula is C13H24N2. The second kappa shape index (κ2) is 3.74. The number of nitrogens with zero attached hydrogens (tertiary/aromatic N) is 2. The number of rotatable bonds is 1. The number of piperidine rings is 1. The van der Waals surface area contributed by atoms with Gasteiger partial charge in [-0.2, -0.15) is 0 Å². The van der Waals surface area contributed by atoms with E-state index in [1.807, 2.05) is 0 Å². The Balaban J connectivity index is 1.59. The van der Waals surface area contributed by atoms with Gasteiger partial charge in [-0.25, -0.2) is 0 Å². The third-order valence-electron chi connectivity index (χ3n) is 5.11. The van der Waals surface area contributed by atoms with E-state index in [1.54, 1.807) is 0 Å². The second-order valence-electron chi connectivity index (χ2n) is 6.11. The van der Waals surface area contributed by atoms with Crippen molar-refractivity contribution in [1.29, 1.82) is 0 Å². The van der Waals surface area contributed by atoms with E-state index in [0.29, 0.717) is 0 Å². The molecule has 1 saturated carbocycles. The Hall–Kier alpha value is -0.0800. The highest BCUT2D eigenvalue weighted by Crippen LogP contribution is 2.42. The van der Waals surface area contributed by atoms with E-state index in [-0.39, 0.29) is 0 Å². The first-order valence-electron chi connectivity index (χ1n) is 6.70. The minimum atomic E-state index is 0.724. The van der Waals surface area contributed by atoms with Crippen LogP contribution in [-0.2, 0) is 0 Å². The minimum absolute atomic E-state index is 0.724. The average molecular weight is 208 g/mol. The predicted molar refractivity (Wildman–Crippen MR) is 63.0 cm³/mol. The van der Waals surface area contributed by atoms with Crippen molar-refractivity contribution in [1.82, 2.24) is 9.80 Å². The molecule has 1 spiro atoms. The summed E-state index contributed by atoms with van der Waals surface area (Å²) in [5.41, 5.74) is 0.724. The number of hydrogen-bond donors (Lipinski definition) is 0. The van der Waals surface area contributed by atoms with Gasteiger partial charge in [0.2, 0.25) is 0 Å². The molecule has 86 valence electrons. The quantitative estimate of drug-likeness (QED) is 0.650. The minimum Gasteiger partial charge on any atom is -0.306 e. The van der Waals surface area contributed by atoms with E-state index in [9.17, 15) is 0 Å². The van der Waals surface area contributed by atoms with Crippen molar-refractivity contribution in [2.75, 3.05) is 33.2 Å². The zero-order chi connectivity index (χ0) is 10.3. The fourth-order valence-electron chi connectivity index (χ4n) is 3.53. The maximum Gasteiger partial charge on any atom is 0.00955 e. The molecule has 2 aliphatic heterocycles. The molecule has 0 amide bonds. The fourth-order valence-corrected chi connectivity index (χ4v) is 3.53. The summed E-state index contributed by atoms with van der Waals surface area (Å²) < 4.78 is 0. The highest BCUT2D eigenvalue weighted by Gasteiger charge is 2.42. The average Bonchev–Trinajstić information content (AvgIpc) is 2.53. The predicted octanol–water partition coefficient (Wildman–Crippen LogP) is 1.96. The summed E-state index contributed by atoms with van der Waals surface area (Å²) in [7, 11) is 2.27. The van der Waals surface area contributed by atoms with Crippen molar-refractivity contribution in [2.45, 2.75) is 44.6 Å². The Morgan fingerprint density at radius 2 is 1.67 bits per heavy atom. The first kappa shape index (κ1) is 10.1. The van der Waals surface area contributed by atoms with Crippen LogP contribution in [0.1, 0.15) is 38.5 Å². The molecule has 0 N–H and O–H groups in total. The van der Waals surface area contributed by atoms with Gasteiger partial charge in [-0.1, -0.05) is 6.42 Å². The SMILES string of the molecule is CN1CCC2(CC1)CCN(C1CCC1)C2. The van der Waals surface area contributed by atoms with Crippen LogP contribution in [0, 0.1) is 5.41 Å². The highest BCUT2D eigenvalue weighted by atomic mass is 15.2. The molecular weight excluding hydrogens is 184 g/mol. The van der Waals surface area contributed by atoms with Gasteiger partial charge in [-0.3, -0.25) is 4.90 Å². The van der Waals surface area contributed by atoms with Crippen molar-refractivity contribution in [3.8, 4) is 0 Å². The van der Waals surface area contributed by atoms with Crippen LogP contribution in [0.4, 0.5) is 0 Å². The lowest BCUT2D eigenvalue weighted by atomic mass is 9.78. The van der Waals surface area contributed by atoms with Crippen molar-refractivity contribution >= 4 is 0 Å². The van der Waals surface area contributed by atoms with Crippen LogP contribution in [0.15, 0.2) is 0 Å².